The molecule has 0 saturated heterocycles. The van der Waals surface area contributed by atoms with Gasteiger partial charge in [0.2, 0.25) is 0 Å². The van der Waals surface area contributed by atoms with Crippen molar-refractivity contribution in [2.75, 3.05) is 6.54 Å². The van der Waals surface area contributed by atoms with Crippen LogP contribution in [-0.2, 0) is 11.3 Å². The number of amides is 1. The highest BCUT2D eigenvalue weighted by Gasteiger charge is 2.33. The van der Waals surface area contributed by atoms with Gasteiger partial charge >= 0.3 is 6.09 Å². The Morgan fingerprint density at radius 2 is 2.13 bits per heavy atom. The number of hydrogen-bond donors (Lipinski definition) is 2. The standard InChI is InChI=1S/C17H24BrClN2O2/c1-17(2,3)23-16(22)21-15(12-5-6-12)10-20-9-11-4-7-14(19)13(18)8-11/h4,7-8,12,15,20H,5-6,9-10H2,1-3H3,(H,21,22). The van der Waals surface area contributed by atoms with E-state index in [1.807, 2.05) is 39.0 Å². The molecule has 2 rings (SSSR count). The van der Waals surface area contributed by atoms with E-state index in [1.54, 1.807) is 0 Å². The van der Waals surface area contributed by atoms with Gasteiger partial charge in [0.1, 0.15) is 5.60 Å². The first-order valence-electron chi connectivity index (χ1n) is 7.89. The molecule has 6 heteroatoms. The summed E-state index contributed by atoms with van der Waals surface area (Å²) in [4.78, 5) is 11.9. The molecule has 23 heavy (non-hydrogen) atoms. The summed E-state index contributed by atoms with van der Waals surface area (Å²) in [6.07, 6.45) is 1.98. The van der Waals surface area contributed by atoms with E-state index in [9.17, 15) is 4.79 Å². The predicted octanol–water partition coefficient (Wildman–Crippen LogP) is 4.50. The lowest BCUT2D eigenvalue weighted by Crippen LogP contribution is -2.45. The average molecular weight is 404 g/mol. The van der Waals surface area contributed by atoms with E-state index < -0.39 is 5.60 Å². The van der Waals surface area contributed by atoms with E-state index >= 15 is 0 Å². The van der Waals surface area contributed by atoms with E-state index in [0.717, 1.165) is 36.0 Å². The summed E-state index contributed by atoms with van der Waals surface area (Å²) < 4.78 is 6.23. The molecule has 0 aromatic heterocycles. The number of nitrogens with one attached hydrogen (secondary N) is 2. The van der Waals surface area contributed by atoms with Crippen molar-refractivity contribution < 1.29 is 9.53 Å². The molecule has 4 nitrogen and oxygen atoms in total. The Bertz CT molecular complexity index is 556. The van der Waals surface area contributed by atoms with E-state index in [-0.39, 0.29) is 12.1 Å². The van der Waals surface area contributed by atoms with Crippen molar-refractivity contribution in [2.45, 2.75) is 51.8 Å². The lowest BCUT2D eigenvalue weighted by atomic mass is 10.1. The summed E-state index contributed by atoms with van der Waals surface area (Å²) in [5, 5.41) is 7.10. The van der Waals surface area contributed by atoms with Crippen molar-refractivity contribution >= 4 is 33.6 Å². The summed E-state index contributed by atoms with van der Waals surface area (Å²) in [6.45, 7) is 7.07. The quantitative estimate of drug-likeness (QED) is 0.735. The molecule has 0 bridgehead atoms. The first-order valence-corrected chi connectivity index (χ1v) is 9.06. The van der Waals surface area contributed by atoms with Gasteiger partial charge in [0.15, 0.2) is 0 Å². The van der Waals surface area contributed by atoms with Crippen LogP contribution in [0.2, 0.25) is 5.02 Å². The van der Waals surface area contributed by atoms with Crippen molar-refractivity contribution in [3.8, 4) is 0 Å². The molecule has 1 unspecified atom stereocenters. The van der Waals surface area contributed by atoms with Crippen molar-refractivity contribution in [1.29, 1.82) is 0 Å². The van der Waals surface area contributed by atoms with Gasteiger partial charge in [-0.25, -0.2) is 4.79 Å². The van der Waals surface area contributed by atoms with Crippen LogP contribution in [0.25, 0.3) is 0 Å². The molecule has 1 aliphatic rings. The fourth-order valence-corrected chi connectivity index (χ4v) is 2.86. The summed E-state index contributed by atoms with van der Waals surface area (Å²) in [6, 6.07) is 5.98. The molecular formula is C17H24BrClN2O2. The number of halogens is 2. The van der Waals surface area contributed by atoms with Gasteiger partial charge in [-0.3, -0.25) is 0 Å². The minimum absolute atomic E-state index is 0.112. The number of alkyl carbamates (subject to hydrolysis) is 1. The zero-order chi connectivity index (χ0) is 17.0. The first-order chi connectivity index (χ1) is 10.7. The van der Waals surface area contributed by atoms with Gasteiger partial charge in [0.05, 0.1) is 5.02 Å². The second kappa shape index (κ2) is 7.86. The normalized spacial score (nSPS) is 16.0. The van der Waals surface area contributed by atoms with Gasteiger partial charge in [-0.2, -0.15) is 0 Å². The number of ether oxygens (including phenoxy) is 1. The zero-order valence-corrected chi connectivity index (χ0v) is 16.1. The third-order valence-electron chi connectivity index (χ3n) is 3.57. The maximum absolute atomic E-state index is 11.9. The largest absolute Gasteiger partial charge is 0.444 e. The van der Waals surface area contributed by atoms with Crippen LogP contribution < -0.4 is 10.6 Å². The van der Waals surface area contributed by atoms with E-state index in [4.69, 9.17) is 16.3 Å². The molecule has 1 fully saturated rings. The van der Waals surface area contributed by atoms with Crippen molar-refractivity contribution in [2.24, 2.45) is 5.92 Å². The third-order valence-corrected chi connectivity index (χ3v) is 4.78. The molecule has 0 heterocycles. The fourth-order valence-electron chi connectivity index (χ4n) is 2.31. The molecule has 1 amide bonds. The third kappa shape index (κ3) is 6.69. The Hall–Kier alpha value is -0.780. The highest BCUT2D eigenvalue weighted by atomic mass is 79.9. The first kappa shape index (κ1) is 18.6. The van der Waals surface area contributed by atoms with Crippen molar-refractivity contribution in [3.63, 3.8) is 0 Å². The molecule has 0 radical (unpaired) electrons. The Labute approximate surface area is 151 Å². The predicted molar refractivity (Wildman–Crippen MR) is 96.7 cm³/mol. The second-order valence-electron chi connectivity index (χ2n) is 6.97. The molecule has 0 aliphatic heterocycles. The van der Waals surface area contributed by atoms with Crippen LogP contribution in [0.1, 0.15) is 39.2 Å². The van der Waals surface area contributed by atoms with Gasteiger partial charge in [-0.15, -0.1) is 0 Å². The van der Waals surface area contributed by atoms with E-state index in [0.29, 0.717) is 10.9 Å². The van der Waals surface area contributed by atoms with Crippen molar-refractivity contribution in [1.82, 2.24) is 10.6 Å². The molecule has 2 N–H and O–H groups in total. The highest BCUT2D eigenvalue weighted by molar-refractivity contribution is 9.10. The van der Waals surface area contributed by atoms with E-state index in [1.165, 1.54) is 0 Å². The lowest BCUT2D eigenvalue weighted by molar-refractivity contribution is 0.0497. The molecule has 128 valence electrons. The summed E-state index contributed by atoms with van der Waals surface area (Å²) in [7, 11) is 0. The molecule has 1 aromatic rings. The number of carbonyl (C=O) groups is 1. The number of benzene rings is 1. The fraction of sp³-hybridized carbons (Fsp3) is 0.588. The smallest absolute Gasteiger partial charge is 0.407 e. The van der Waals surface area contributed by atoms with Crippen molar-refractivity contribution in [3.05, 3.63) is 33.3 Å². The van der Waals surface area contributed by atoms with Gasteiger partial charge in [-0.05, 0) is 73.2 Å². The van der Waals surface area contributed by atoms with Crippen LogP contribution >= 0.6 is 27.5 Å². The number of hydrogen-bond acceptors (Lipinski definition) is 3. The Morgan fingerprint density at radius 1 is 1.43 bits per heavy atom. The van der Waals surface area contributed by atoms with E-state index in [2.05, 4.69) is 26.6 Å². The number of rotatable bonds is 6. The molecular weight excluding hydrogens is 380 g/mol. The monoisotopic (exact) mass is 402 g/mol. The van der Waals surface area contributed by atoms with Crippen LogP contribution in [-0.4, -0.2) is 24.3 Å². The van der Waals surface area contributed by atoms with Gasteiger partial charge in [0, 0.05) is 23.6 Å². The zero-order valence-electron chi connectivity index (χ0n) is 13.8. The Kier molecular flexibility index (Phi) is 6.34. The summed E-state index contributed by atoms with van der Waals surface area (Å²) in [5.41, 5.74) is 0.675. The minimum Gasteiger partial charge on any atom is -0.444 e. The highest BCUT2D eigenvalue weighted by Crippen LogP contribution is 2.32. The maximum Gasteiger partial charge on any atom is 0.407 e. The van der Waals surface area contributed by atoms with Crippen LogP contribution in [0, 0.1) is 5.92 Å². The van der Waals surface area contributed by atoms with Crippen LogP contribution in [0.5, 0.6) is 0 Å². The maximum atomic E-state index is 11.9. The molecule has 1 aliphatic carbocycles. The van der Waals surface area contributed by atoms with Crippen LogP contribution in [0.15, 0.2) is 22.7 Å². The summed E-state index contributed by atoms with van der Waals surface area (Å²) >= 11 is 9.42. The topological polar surface area (TPSA) is 50.4 Å². The van der Waals surface area contributed by atoms with Gasteiger partial charge in [-0.1, -0.05) is 17.7 Å². The van der Waals surface area contributed by atoms with Gasteiger partial charge in [0.25, 0.3) is 0 Å². The molecule has 1 atom stereocenters. The van der Waals surface area contributed by atoms with Crippen LogP contribution in [0.4, 0.5) is 4.79 Å². The average Bonchev–Trinajstić information content (AvgIpc) is 3.24. The lowest BCUT2D eigenvalue weighted by Gasteiger charge is -2.24. The molecule has 1 saturated carbocycles. The minimum atomic E-state index is -0.471. The Morgan fingerprint density at radius 3 is 2.70 bits per heavy atom. The molecule has 1 aromatic carbocycles. The number of carbonyl (C=O) groups excluding carboxylic acids is 1. The summed E-state index contributed by atoms with van der Waals surface area (Å²) in [5.74, 6) is 0.548. The molecule has 0 spiro atoms. The SMILES string of the molecule is CC(C)(C)OC(=O)NC(CNCc1ccc(Cl)c(Br)c1)C1CC1. The van der Waals surface area contributed by atoms with Crippen LogP contribution in [0.3, 0.4) is 0 Å². The second-order valence-corrected chi connectivity index (χ2v) is 8.23. The Balaban J connectivity index is 1.81. The van der Waals surface area contributed by atoms with Gasteiger partial charge < -0.3 is 15.4 Å².